The van der Waals surface area contributed by atoms with Gasteiger partial charge < -0.3 is 9.84 Å². The van der Waals surface area contributed by atoms with Gasteiger partial charge in [0, 0.05) is 6.20 Å². The Morgan fingerprint density at radius 2 is 2.35 bits per heavy atom. The third-order valence-electron chi connectivity index (χ3n) is 2.72. The summed E-state index contributed by atoms with van der Waals surface area (Å²) in [5.74, 6) is 2.20. The molecular formula is C11H12N2O4. The van der Waals surface area contributed by atoms with E-state index in [1.165, 1.54) is 10.8 Å². The van der Waals surface area contributed by atoms with Gasteiger partial charge >= 0.3 is 5.69 Å². The van der Waals surface area contributed by atoms with Gasteiger partial charge in [0.25, 0.3) is 5.56 Å². The Morgan fingerprint density at radius 3 is 2.94 bits per heavy atom. The maximum absolute atomic E-state index is 11.6. The minimum Gasteiger partial charge on any atom is -0.394 e. The number of ether oxygens (including phenoxy) is 1. The summed E-state index contributed by atoms with van der Waals surface area (Å²) in [6, 6.07) is 0. The molecule has 0 spiro atoms. The molecule has 17 heavy (non-hydrogen) atoms. The third kappa shape index (κ3) is 2.16. The largest absolute Gasteiger partial charge is 0.394 e. The van der Waals surface area contributed by atoms with Crippen LogP contribution >= 0.6 is 0 Å². The quantitative estimate of drug-likeness (QED) is 0.658. The third-order valence-corrected chi connectivity index (χ3v) is 2.72. The number of aromatic amines is 1. The highest BCUT2D eigenvalue weighted by Gasteiger charge is 2.26. The number of H-pyrrole nitrogens is 1. The second-order valence-corrected chi connectivity index (χ2v) is 3.83. The number of rotatable bonds is 2. The molecule has 1 aromatic rings. The molecule has 6 nitrogen and oxygen atoms in total. The van der Waals surface area contributed by atoms with Crippen molar-refractivity contribution in [3.63, 3.8) is 0 Å². The minimum absolute atomic E-state index is 0.0839. The van der Waals surface area contributed by atoms with Crippen LogP contribution in [-0.4, -0.2) is 27.4 Å². The van der Waals surface area contributed by atoms with Gasteiger partial charge in [-0.25, -0.2) is 4.79 Å². The van der Waals surface area contributed by atoms with Crippen molar-refractivity contribution in [3.8, 4) is 12.3 Å². The number of aliphatic hydroxyl groups excluding tert-OH is 1. The summed E-state index contributed by atoms with van der Waals surface area (Å²) in [5, 5.41) is 8.94. The van der Waals surface area contributed by atoms with E-state index in [0.717, 1.165) is 0 Å². The molecule has 2 N–H and O–H groups in total. The first-order valence-electron chi connectivity index (χ1n) is 5.24. The average Bonchev–Trinajstić information content (AvgIpc) is 2.78. The van der Waals surface area contributed by atoms with Gasteiger partial charge in [-0.3, -0.25) is 14.3 Å². The van der Waals surface area contributed by atoms with Crippen molar-refractivity contribution in [1.82, 2.24) is 9.55 Å². The molecule has 0 bridgehead atoms. The standard InChI is InChI=1S/C11H12N2O4/c1-2-7-5-13(11(16)12-10(7)15)9-4-3-8(6-14)17-9/h1,5,8-9,14H,3-4,6H2,(H,12,15,16)/t8-,9+/m0/s1. The molecule has 0 unspecified atom stereocenters. The van der Waals surface area contributed by atoms with Crippen molar-refractivity contribution in [2.75, 3.05) is 6.61 Å². The SMILES string of the molecule is C#Cc1cn([C@H]2CC[C@@H](CO)O2)c(=O)[nH]c1=O. The van der Waals surface area contributed by atoms with Crippen LogP contribution in [-0.2, 0) is 4.74 Å². The van der Waals surface area contributed by atoms with Crippen LogP contribution < -0.4 is 11.2 Å². The fraction of sp³-hybridized carbons (Fsp3) is 0.455. The van der Waals surface area contributed by atoms with E-state index in [4.69, 9.17) is 16.3 Å². The van der Waals surface area contributed by atoms with Crippen LogP contribution in [0.1, 0.15) is 24.6 Å². The summed E-state index contributed by atoms with van der Waals surface area (Å²) in [7, 11) is 0. The van der Waals surface area contributed by atoms with Gasteiger partial charge in [-0.1, -0.05) is 5.92 Å². The van der Waals surface area contributed by atoms with Gasteiger partial charge in [-0.2, -0.15) is 0 Å². The molecule has 1 aromatic heterocycles. The van der Waals surface area contributed by atoms with Crippen molar-refractivity contribution in [2.24, 2.45) is 0 Å². The second-order valence-electron chi connectivity index (χ2n) is 3.83. The van der Waals surface area contributed by atoms with Crippen LogP contribution in [0.5, 0.6) is 0 Å². The molecule has 2 heterocycles. The molecule has 1 fully saturated rings. The Balaban J connectivity index is 2.37. The van der Waals surface area contributed by atoms with Crippen molar-refractivity contribution < 1.29 is 9.84 Å². The van der Waals surface area contributed by atoms with Crippen molar-refractivity contribution in [3.05, 3.63) is 32.6 Å². The van der Waals surface area contributed by atoms with Gasteiger partial charge in [0.05, 0.1) is 12.7 Å². The number of hydrogen-bond donors (Lipinski definition) is 2. The summed E-state index contributed by atoms with van der Waals surface area (Å²) in [5.41, 5.74) is -1.05. The fourth-order valence-corrected chi connectivity index (χ4v) is 1.83. The molecule has 0 saturated carbocycles. The van der Waals surface area contributed by atoms with Gasteiger partial charge in [0.2, 0.25) is 0 Å². The lowest BCUT2D eigenvalue weighted by Gasteiger charge is -2.14. The molecule has 2 atom stereocenters. The van der Waals surface area contributed by atoms with Gasteiger partial charge in [0.1, 0.15) is 11.8 Å². The fourth-order valence-electron chi connectivity index (χ4n) is 1.83. The molecule has 0 aromatic carbocycles. The van der Waals surface area contributed by atoms with Crippen molar-refractivity contribution >= 4 is 0 Å². The average molecular weight is 236 g/mol. The van der Waals surface area contributed by atoms with Crippen LogP contribution in [0, 0.1) is 12.3 Å². The molecule has 2 rings (SSSR count). The number of nitrogens with zero attached hydrogens (tertiary/aromatic N) is 1. The smallest absolute Gasteiger partial charge is 0.330 e. The zero-order chi connectivity index (χ0) is 12.4. The topological polar surface area (TPSA) is 84.3 Å². The predicted molar refractivity (Wildman–Crippen MR) is 59.5 cm³/mol. The number of aliphatic hydroxyl groups is 1. The van der Waals surface area contributed by atoms with E-state index in [1.807, 2.05) is 0 Å². The van der Waals surface area contributed by atoms with Crippen LogP contribution in [0.3, 0.4) is 0 Å². The first-order valence-corrected chi connectivity index (χ1v) is 5.24. The predicted octanol–water partition coefficient (Wildman–Crippen LogP) is -0.812. The molecule has 0 aliphatic carbocycles. The molecule has 1 aliphatic heterocycles. The zero-order valence-electron chi connectivity index (χ0n) is 9.05. The maximum Gasteiger partial charge on any atom is 0.330 e. The van der Waals surface area contributed by atoms with Gasteiger partial charge in [0.15, 0.2) is 0 Å². The van der Waals surface area contributed by atoms with E-state index in [1.54, 1.807) is 0 Å². The lowest BCUT2D eigenvalue weighted by Crippen LogP contribution is -2.33. The maximum atomic E-state index is 11.6. The Morgan fingerprint density at radius 1 is 1.59 bits per heavy atom. The molecule has 6 heteroatoms. The summed E-state index contributed by atoms with van der Waals surface area (Å²) >= 11 is 0. The number of nitrogens with one attached hydrogen (secondary N) is 1. The highest BCUT2D eigenvalue weighted by molar-refractivity contribution is 5.26. The Labute approximate surface area is 96.9 Å². The van der Waals surface area contributed by atoms with E-state index in [2.05, 4.69) is 10.9 Å². The zero-order valence-corrected chi connectivity index (χ0v) is 9.05. The van der Waals surface area contributed by atoms with E-state index in [9.17, 15) is 9.59 Å². The van der Waals surface area contributed by atoms with Gasteiger partial charge in [-0.05, 0) is 12.8 Å². The number of hydrogen-bond acceptors (Lipinski definition) is 4. The monoisotopic (exact) mass is 236 g/mol. The van der Waals surface area contributed by atoms with E-state index in [0.29, 0.717) is 12.8 Å². The minimum atomic E-state index is -0.578. The Bertz CT molecular complexity index is 566. The first-order chi connectivity index (χ1) is 8.15. The molecule has 1 aliphatic rings. The molecule has 90 valence electrons. The lowest BCUT2D eigenvalue weighted by atomic mass is 10.2. The number of terminal acetylenes is 1. The Kier molecular flexibility index (Phi) is 3.13. The van der Waals surface area contributed by atoms with Crippen LogP contribution in [0.4, 0.5) is 0 Å². The summed E-state index contributed by atoms with van der Waals surface area (Å²) in [6.07, 6.45) is 6.98. The lowest BCUT2D eigenvalue weighted by molar-refractivity contribution is -0.0246. The van der Waals surface area contributed by atoms with Gasteiger partial charge in [-0.15, -0.1) is 6.42 Å². The highest BCUT2D eigenvalue weighted by atomic mass is 16.5. The molecule has 0 amide bonds. The summed E-state index contributed by atoms with van der Waals surface area (Å²) < 4.78 is 6.70. The van der Waals surface area contributed by atoms with E-state index >= 15 is 0 Å². The summed E-state index contributed by atoms with van der Waals surface area (Å²) in [4.78, 5) is 25.0. The van der Waals surface area contributed by atoms with Crippen LogP contribution in [0.2, 0.25) is 0 Å². The normalized spacial score (nSPS) is 23.5. The molecular weight excluding hydrogens is 224 g/mol. The second kappa shape index (κ2) is 4.57. The molecule has 1 saturated heterocycles. The first kappa shape index (κ1) is 11.6. The Hall–Kier alpha value is -1.84. The van der Waals surface area contributed by atoms with Crippen molar-refractivity contribution in [2.45, 2.75) is 25.2 Å². The highest BCUT2D eigenvalue weighted by Crippen LogP contribution is 2.26. The molecule has 0 radical (unpaired) electrons. The van der Waals surface area contributed by atoms with Crippen molar-refractivity contribution in [1.29, 1.82) is 0 Å². The van der Waals surface area contributed by atoms with Crippen LogP contribution in [0.15, 0.2) is 15.8 Å². The summed E-state index contributed by atoms with van der Waals surface area (Å²) in [6.45, 7) is -0.0867. The number of aromatic nitrogens is 2. The van der Waals surface area contributed by atoms with E-state index in [-0.39, 0.29) is 18.3 Å². The van der Waals surface area contributed by atoms with Crippen LogP contribution in [0.25, 0.3) is 0 Å². The van der Waals surface area contributed by atoms with E-state index < -0.39 is 17.5 Å².